The fourth-order valence-electron chi connectivity index (χ4n) is 1.37. The molecule has 0 aliphatic carbocycles. The molecule has 106 valence electrons. The van der Waals surface area contributed by atoms with Crippen molar-refractivity contribution in [3.63, 3.8) is 0 Å². The van der Waals surface area contributed by atoms with Gasteiger partial charge in [-0.05, 0) is 24.1 Å². The van der Waals surface area contributed by atoms with Crippen molar-refractivity contribution in [2.75, 3.05) is 6.54 Å². The summed E-state index contributed by atoms with van der Waals surface area (Å²) in [5.74, 6) is -0.0191. The van der Waals surface area contributed by atoms with Crippen molar-refractivity contribution in [1.82, 2.24) is 5.32 Å². The van der Waals surface area contributed by atoms with E-state index in [4.69, 9.17) is 4.55 Å². The minimum atomic E-state index is -4.48. The molecular formula is C12H17NO5S. The van der Waals surface area contributed by atoms with Crippen LogP contribution >= 0.6 is 0 Å². The maximum atomic E-state index is 11.3. The third-order valence-corrected chi connectivity index (χ3v) is 2.77. The Morgan fingerprint density at radius 1 is 1.32 bits per heavy atom. The van der Waals surface area contributed by atoms with Crippen molar-refractivity contribution in [3.8, 4) is 5.75 Å². The highest BCUT2D eigenvalue weighted by atomic mass is 32.3. The van der Waals surface area contributed by atoms with Crippen LogP contribution in [0.5, 0.6) is 5.75 Å². The van der Waals surface area contributed by atoms with E-state index in [1.807, 2.05) is 13.8 Å². The molecule has 0 heterocycles. The summed E-state index contributed by atoms with van der Waals surface area (Å²) >= 11 is 0. The van der Waals surface area contributed by atoms with Gasteiger partial charge < -0.3 is 9.50 Å². The number of hydrogen-bond acceptors (Lipinski definition) is 4. The fraction of sp³-hybridized carbons (Fsp3) is 0.417. The zero-order valence-corrected chi connectivity index (χ0v) is 11.6. The first kappa shape index (κ1) is 15.5. The minimum absolute atomic E-state index is 0.00803. The molecule has 0 atom stereocenters. The molecule has 1 aromatic carbocycles. The lowest BCUT2D eigenvalue weighted by molar-refractivity contribution is -0.123. The van der Waals surface area contributed by atoms with Gasteiger partial charge in [0.05, 0.1) is 0 Å². The summed E-state index contributed by atoms with van der Waals surface area (Å²) in [6.07, 6.45) is 0.630. The highest BCUT2D eigenvalue weighted by Gasteiger charge is 2.07. The molecule has 0 saturated carbocycles. The van der Waals surface area contributed by atoms with Crippen LogP contribution in [0.25, 0.3) is 0 Å². The molecule has 2 N–H and O–H groups in total. The summed E-state index contributed by atoms with van der Waals surface area (Å²) in [7, 11) is -4.48. The van der Waals surface area contributed by atoms with Crippen molar-refractivity contribution in [2.24, 2.45) is 5.92 Å². The van der Waals surface area contributed by atoms with Crippen molar-refractivity contribution in [2.45, 2.75) is 20.3 Å². The molecule has 1 rings (SSSR count). The monoisotopic (exact) mass is 287 g/mol. The molecule has 0 aromatic heterocycles. The van der Waals surface area contributed by atoms with Gasteiger partial charge in [0, 0.05) is 12.5 Å². The van der Waals surface area contributed by atoms with Crippen LogP contribution in [0.1, 0.15) is 19.4 Å². The number of hydrogen-bond donors (Lipinski definition) is 2. The standard InChI is InChI=1S/C12H17NO5S/c1-9(2)12(14)13-8-7-10-3-5-11(6-4-10)18-19(15,16)17/h3-6,9H,7-8H2,1-2H3,(H,13,14)(H,15,16,17). The maximum Gasteiger partial charge on any atom is 0.446 e. The number of rotatable bonds is 6. The van der Waals surface area contributed by atoms with Gasteiger partial charge >= 0.3 is 10.4 Å². The van der Waals surface area contributed by atoms with E-state index in [-0.39, 0.29) is 17.6 Å². The molecule has 0 radical (unpaired) electrons. The van der Waals surface area contributed by atoms with E-state index >= 15 is 0 Å². The van der Waals surface area contributed by atoms with Gasteiger partial charge in [0.1, 0.15) is 5.75 Å². The van der Waals surface area contributed by atoms with E-state index in [1.165, 1.54) is 12.1 Å². The van der Waals surface area contributed by atoms with Crippen molar-refractivity contribution in [3.05, 3.63) is 29.8 Å². The average Bonchev–Trinajstić information content (AvgIpc) is 2.29. The second-order valence-electron chi connectivity index (χ2n) is 4.35. The summed E-state index contributed by atoms with van der Waals surface area (Å²) in [6, 6.07) is 6.21. The molecular weight excluding hydrogens is 270 g/mol. The molecule has 0 fully saturated rings. The van der Waals surface area contributed by atoms with E-state index in [9.17, 15) is 13.2 Å². The Hall–Kier alpha value is -1.60. The van der Waals surface area contributed by atoms with Crippen LogP contribution in [-0.2, 0) is 21.6 Å². The van der Waals surface area contributed by atoms with Crippen molar-refractivity contribution < 1.29 is 21.9 Å². The summed E-state index contributed by atoms with van der Waals surface area (Å²) in [5.41, 5.74) is 0.923. The quantitative estimate of drug-likeness (QED) is 0.766. The summed E-state index contributed by atoms with van der Waals surface area (Å²) in [4.78, 5) is 11.3. The number of carbonyl (C=O) groups excluding carboxylic acids is 1. The maximum absolute atomic E-state index is 11.3. The molecule has 7 heteroatoms. The van der Waals surface area contributed by atoms with Crippen molar-refractivity contribution >= 4 is 16.3 Å². The van der Waals surface area contributed by atoms with Gasteiger partial charge in [-0.25, -0.2) is 0 Å². The van der Waals surface area contributed by atoms with Crippen LogP contribution in [0, 0.1) is 5.92 Å². The normalized spacial score (nSPS) is 11.4. The SMILES string of the molecule is CC(C)C(=O)NCCc1ccc(OS(=O)(=O)O)cc1. The Labute approximate surface area is 112 Å². The van der Waals surface area contributed by atoms with Crippen LogP contribution in [0.2, 0.25) is 0 Å². The van der Waals surface area contributed by atoms with E-state index < -0.39 is 10.4 Å². The van der Waals surface area contributed by atoms with Crippen LogP contribution in [0.4, 0.5) is 0 Å². The topological polar surface area (TPSA) is 92.7 Å². The van der Waals surface area contributed by atoms with Crippen LogP contribution in [0.15, 0.2) is 24.3 Å². The predicted molar refractivity (Wildman–Crippen MR) is 70.2 cm³/mol. The smallest absolute Gasteiger partial charge is 0.362 e. The van der Waals surface area contributed by atoms with Crippen LogP contribution in [0.3, 0.4) is 0 Å². The Bertz CT molecular complexity index is 522. The molecule has 6 nitrogen and oxygen atoms in total. The largest absolute Gasteiger partial charge is 0.446 e. The summed E-state index contributed by atoms with van der Waals surface area (Å²) in [6.45, 7) is 4.14. The molecule has 1 aromatic rings. The van der Waals surface area contributed by atoms with E-state index in [0.29, 0.717) is 13.0 Å². The number of carbonyl (C=O) groups is 1. The second-order valence-corrected chi connectivity index (χ2v) is 5.37. The lowest BCUT2D eigenvalue weighted by atomic mass is 10.1. The van der Waals surface area contributed by atoms with E-state index in [1.54, 1.807) is 12.1 Å². The van der Waals surface area contributed by atoms with Gasteiger partial charge in [-0.1, -0.05) is 26.0 Å². The molecule has 0 aliphatic heterocycles. The number of benzene rings is 1. The molecule has 19 heavy (non-hydrogen) atoms. The Kier molecular flexibility index (Phi) is 5.31. The Morgan fingerprint density at radius 2 is 1.89 bits per heavy atom. The van der Waals surface area contributed by atoms with Gasteiger partial charge in [0.2, 0.25) is 5.91 Å². The minimum Gasteiger partial charge on any atom is -0.362 e. The summed E-state index contributed by atoms with van der Waals surface area (Å²) < 4.78 is 33.8. The van der Waals surface area contributed by atoms with Gasteiger partial charge in [-0.2, -0.15) is 8.42 Å². The first-order valence-corrected chi connectivity index (χ1v) is 7.18. The fourth-order valence-corrected chi connectivity index (χ4v) is 1.72. The van der Waals surface area contributed by atoms with E-state index in [0.717, 1.165) is 5.56 Å². The van der Waals surface area contributed by atoms with Crippen LogP contribution in [-0.4, -0.2) is 25.4 Å². The van der Waals surface area contributed by atoms with Crippen LogP contribution < -0.4 is 9.50 Å². The predicted octanol–water partition coefficient (Wildman–Crippen LogP) is 1.18. The zero-order valence-electron chi connectivity index (χ0n) is 10.8. The van der Waals surface area contributed by atoms with Gasteiger partial charge in [-0.3, -0.25) is 9.35 Å². The Morgan fingerprint density at radius 3 is 2.37 bits per heavy atom. The average molecular weight is 287 g/mol. The molecule has 0 spiro atoms. The molecule has 0 saturated heterocycles. The first-order chi connectivity index (χ1) is 8.78. The third kappa shape index (κ3) is 6.21. The molecule has 1 amide bonds. The molecule has 0 aliphatic rings. The van der Waals surface area contributed by atoms with Crippen molar-refractivity contribution in [1.29, 1.82) is 0 Å². The number of nitrogens with one attached hydrogen (secondary N) is 1. The van der Waals surface area contributed by atoms with E-state index in [2.05, 4.69) is 9.50 Å². The van der Waals surface area contributed by atoms with Gasteiger partial charge in [-0.15, -0.1) is 0 Å². The molecule has 0 bridgehead atoms. The lowest BCUT2D eigenvalue weighted by Gasteiger charge is -2.08. The lowest BCUT2D eigenvalue weighted by Crippen LogP contribution is -2.29. The second kappa shape index (κ2) is 6.53. The summed E-state index contributed by atoms with van der Waals surface area (Å²) in [5, 5.41) is 2.78. The third-order valence-electron chi connectivity index (χ3n) is 2.36. The van der Waals surface area contributed by atoms with Gasteiger partial charge in [0.25, 0.3) is 0 Å². The zero-order chi connectivity index (χ0) is 14.5. The van der Waals surface area contributed by atoms with Gasteiger partial charge in [0.15, 0.2) is 0 Å². The highest BCUT2D eigenvalue weighted by molar-refractivity contribution is 7.81. The Balaban J connectivity index is 2.47. The number of amides is 1. The highest BCUT2D eigenvalue weighted by Crippen LogP contribution is 2.14. The first-order valence-electron chi connectivity index (χ1n) is 5.81. The molecule has 0 unspecified atom stereocenters.